The number of nitrogens with one attached hydrogen (secondary N) is 2. The maximum absolute atomic E-state index is 13.6. The zero-order valence-electron chi connectivity index (χ0n) is 18.8. The number of halogens is 1. The van der Waals surface area contributed by atoms with Crippen molar-refractivity contribution in [3.05, 3.63) is 137 Å². The van der Waals surface area contributed by atoms with Crippen LogP contribution in [0.25, 0.3) is 0 Å². The van der Waals surface area contributed by atoms with Crippen LogP contribution in [0.5, 0.6) is 0 Å². The van der Waals surface area contributed by atoms with Crippen molar-refractivity contribution in [3.8, 4) is 0 Å². The van der Waals surface area contributed by atoms with Crippen LogP contribution in [0.15, 0.2) is 120 Å². The van der Waals surface area contributed by atoms with E-state index in [1.807, 2.05) is 91.0 Å². The highest BCUT2D eigenvalue weighted by molar-refractivity contribution is 7.89. The summed E-state index contributed by atoms with van der Waals surface area (Å²) < 4.78 is 28.9. The van der Waals surface area contributed by atoms with Crippen LogP contribution in [-0.4, -0.2) is 20.4 Å². The van der Waals surface area contributed by atoms with Gasteiger partial charge in [-0.2, -0.15) is 4.72 Å². The van der Waals surface area contributed by atoms with Gasteiger partial charge in [-0.3, -0.25) is 4.79 Å². The largest absolute Gasteiger partial charge is 0.344 e. The number of amides is 1. The summed E-state index contributed by atoms with van der Waals surface area (Å²) in [7, 11) is -3.98. The number of carbonyl (C=O) groups is 1. The minimum atomic E-state index is -3.98. The fourth-order valence-corrected chi connectivity index (χ4v) is 5.12. The Bertz CT molecular complexity index is 1310. The van der Waals surface area contributed by atoms with Crippen molar-refractivity contribution in [2.24, 2.45) is 0 Å². The number of hydrogen-bond acceptors (Lipinski definition) is 3. The van der Waals surface area contributed by atoms with Crippen LogP contribution >= 0.6 is 11.6 Å². The quantitative estimate of drug-likeness (QED) is 0.331. The van der Waals surface area contributed by atoms with Gasteiger partial charge in [0.2, 0.25) is 15.9 Å². The monoisotopic (exact) mass is 504 g/mol. The van der Waals surface area contributed by atoms with E-state index in [-0.39, 0.29) is 11.3 Å². The third kappa shape index (κ3) is 6.57. The van der Waals surface area contributed by atoms with Gasteiger partial charge in [-0.15, -0.1) is 0 Å². The Labute approximate surface area is 210 Å². The van der Waals surface area contributed by atoms with Crippen LogP contribution in [0.3, 0.4) is 0 Å². The van der Waals surface area contributed by atoms with Crippen LogP contribution in [-0.2, 0) is 21.2 Å². The second-order valence-corrected chi connectivity index (χ2v) is 10.2. The first-order chi connectivity index (χ1) is 16.9. The summed E-state index contributed by atoms with van der Waals surface area (Å²) in [5.41, 5.74) is 2.62. The molecule has 35 heavy (non-hydrogen) atoms. The van der Waals surface area contributed by atoms with Crippen LogP contribution < -0.4 is 10.0 Å². The van der Waals surface area contributed by atoms with E-state index in [4.69, 9.17) is 11.6 Å². The minimum Gasteiger partial charge on any atom is -0.344 e. The Balaban J connectivity index is 1.65. The zero-order valence-corrected chi connectivity index (χ0v) is 20.4. The Kier molecular flexibility index (Phi) is 7.98. The van der Waals surface area contributed by atoms with Gasteiger partial charge in [0.25, 0.3) is 0 Å². The minimum absolute atomic E-state index is 0.0374. The molecular weight excluding hydrogens is 480 g/mol. The highest BCUT2D eigenvalue weighted by Crippen LogP contribution is 2.22. The summed E-state index contributed by atoms with van der Waals surface area (Å²) in [6, 6.07) is 32.8. The van der Waals surface area contributed by atoms with E-state index in [1.165, 1.54) is 24.3 Å². The molecule has 0 fully saturated rings. The third-order valence-electron chi connectivity index (χ3n) is 5.57. The molecule has 0 saturated carbocycles. The lowest BCUT2D eigenvalue weighted by Crippen LogP contribution is -2.49. The summed E-state index contributed by atoms with van der Waals surface area (Å²) in [5, 5.41) is 3.49. The molecule has 0 bridgehead atoms. The van der Waals surface area contributed by atoms with Gasteiger partial charge < -0.3 is 5.32 Å². The lowest BCUT2D eigenvalue weighted by molar-refractivity contribution is -0.123. The molecule has 4 rings (SSSR count). The number of sulfonamides is 1. The van der Waals surface area contributed by atoms with Crippen LogP contribution in [0.2, 0.25) is 5.02 Å². The van der Waals surface area contributed by atoms with E-state index in [1.54, 1.807) is 0 Å². The average Bonchev–Trinajstić information content (AvgIpc) is 2.88. The normalized spacial score (nSPS) is 12.3. The van der Waals surface area contributed by atoms with E-state index in [9.17, 15) is 13.2 Å². The maximum atomic E-state index is 13.6. The molecule has 0 aliphatic rings. The molecule has 4 aromatic carbocycles. The standard InChI is InChI=1S/C28H25ClN2O3S/c29-24-16-18-25(19-17-24)35(33,34)31-26(20-21-10-4-1-5-11-21)28(32)30-27(22-12-6-2-7-13-22)23-14-8-3-9-15-23/h1-19,26-27,31H,20H2,(H,30,32)/t26-/m1/s1. The van der Waals surface area contributed by atoms with Crippen molar-refractivity contribution >= 4 is 27.5 Å². The maximum Gasteiger partial charge on any atom is 0.241 e. The highest BCUT2D eigenvalue weighted by atomic mass is 35.5. The van der Waals surface area contributed by atoms with E-state index in [0.717, 1.165) is 16.7 Å². The Hall–Kier alpha value is -3.45. The van der Waals surface area contributed by atoms with Gasteiger partial charge in [0, 0.05) is 5.02 Å². The molecule has 2 N–H and O–H groups in total. The SMILES string of the molecule is O=C(NC(c1ccccc1)c1ccccc1)[C@@H](Cc1ccccc1)NS(=O)(=O)c1ccc(Cl)cc1. The van der Waals surface area contributed by atoms with Gasteiger partial charge in [0.1, 0.15) is 6.04 Å². The van der Waals surface area contributed by atoms with Crippen molar-refractivity contribution in [2.45, 2.75) is 23.4 Å². The molecule has 0 spiro atoms. The summed E-state index contributed by atoms with van der Waals surface area (Å²) in [4.78, 5) is 13.6. The first kappa shape index (κ1) is 24.7. The molecule has 0 aliphatic heterocycles. The van der Waals surface area contributed by atoms with Crippen molar-refractivity contribution in [1.82, 2.24) is 10.0 Å². The van der Waals surface area contributed by atoms with Gasteiger partial charge in [-0.1, -0.05) is 103 Å². The second-order valence-electron chi connectivity index (χ2n) is 8.08. The Morgan fingerprint density at radius 1 is 0.714 bits per heavy atom. The Morgan fingerprint density at radius 2 is 1.20 bits per heavy atom. The number of carbonyl (C=O) groups excluding carboxylic acids is 1. The van der Waals surface area contributed by atoms with E-state index in [2.05, 4.69) is 10.0 Å². The molecule has 0 heterocycles. The predicted octanol–water partition coefficient (Wildman–Crippen LogP) is 5.14. The average molecular weight is 505 g/mol. The van der Waals surface area contributed by atoms with Gasteiger partial charge in [-0.25, -0.2) is 8.42 Å². The summed E-state index contributed by atoms with van der Waals surface area (Å²) in [6.07, 6.45) is 0.190. The summed E-state index contributed by atoms with van der Waals surface area (Å²) >= 11 is 5.92. The first-order valence-electron chi connectivity index (χ1n) is 11.1. The van der Waals surface area contributed by atoms with Crippen molar-refractivity contribution in [3.63, 3.8) is 0 Å². The van der Waals surface area contributed by atoms with Crippen molar-refractivity contribution in [2.75, 3.05) is 0 Å². The van der Waals surface area contributed by atoms with Gasteiger partial charge in [-0.05, 0) is 47.4 Å². The first-order valence-corrected chi connectivity index (χ1v) is 13.0. The van der Waals surface area contributed by atoms with Gasteiger partial charge in [0.05, 0.1) is 10.9 Å². The predicted molar refractivity (Wildman–Crippen MR) is 139 cm³/mol. The number of benzene rings is 4. The molecule has 178 valence electrons. The lowest BCUT2D eigenvalue weighted by Gasteiger charge is -2.24. The summed E-state index contributed by atoms with van der Waals surface area (Å²) in [5.74, 6) is -0.427. The molecule has 0 aromatic heterocycles. The van der Waals surface area contributed by atoms with E-state index < -0.39 is 28.0 Å². The molecule has 7 heteroatoms. The molecule has 4 aromatic rings. The third-order valence-corrected chi connectivity index (χ3v) is 7.31. The molecule has 0 aliphatic carbocycles. The molecule has 0 saturated heterocycles. The summed E-state index contributed by atoms with van der Waals surface area (Å²) in [6.45, 7) is 0. The van der Waals surface area contributed by atoms with Crippen molar-refractivity contribution < 1.29 is 13.2 Å². The van der Waals surface area contributed by atoms with Crippen molar-refractivity contribution in [1.29, 1.82) is 0 Å². The van der Waals surface area contributed by atoms with E-state index in [0.29, 0.717) is 5.02 Å². The molecule has 0 unspecified atom stereocenters. The molecular formula is C28H25ClN2O3S. The number of hydrogen-bond donors (Lipinski definition) is 2. The van der Waals surface area contributed by atoms with Gasteiger partial charge >= 0.3 is 0 Å². The highest BCUT2D eigenvalue weighted by Gasteiger charge is 2.28. The van der Waals surface area contributed by atoms with Crippen LogP contribution in [0.4, 0.5) is 0 Å². The lowest BCUT2D eigenvalue weighted by atomic mass is 9.97. The topological polar surface area (TPSA) is 75.3 Å². The smallest absolute Gasteiger partial charge is 0.241 e. The molecule has 0 radical (unpaired) electrons. The second kappa shape index (κ2) is 11.3. The van der Waals surface area contributed by atoms with Crippen LogP contribution in [0, 0.1) is 0 Å². The number of rotatable bonds is 9. The molecule has 1 amide bonds. The fraction of sp³-hybridized carbons (Fsp3) is 0.107. The molecule has 1 atom stereocenters. The zero-order chi connectivity index (χ0) is 24.7. The van der Waals surface area contributed by atoms with Gasteiger partial charge in [0.15, 0.2) is 0 Å². The van der Waals surface area contributed by atoms with E-state index >= 15 is 0 Å². The van der Waals surface area contributed by atoms with Crippen LogP contribution in [0.1, 0.15) is 22.7 Å². The molecule has 5 nitrogen and oxygen atoms in total. The Morgan fingerprint density at radius 3 is 1.71 bits per heavy atom. The fourth-order valence-electron chi connectivity index (χ4n) is 3.80.